The lowest BCUT2D eigenvalue weighted by Gasteiger charge is -2.04. The molecular formula is C8H7BrIN4P. The summed E-state index contributed by atoms with van der Waals surface area (Å²) in [6, 6.07) is 9.91. The van der Waals surface area contributed by atoms with Crippen LogP contribution in [0.1, 0.15) is 0 Å². The number of para-hydroxylation sites is 1. The van der Waals surface area contributed by atoms with E-state index in [1.54, 1.807) is 0 Å². The fourth-order valence-corrected chi connectivity index (χ4v) is 2.88. The van der Waals surface area contributed by atoms with Crippen molar-refractivity contribution in [1.29, 1.82) is 0 Å². The number of anilines is 2. The van der Waals surface area contributed by atoms with E-state index in [0.29, 0.717) is 11.1 Å². The molecule has 2 rings (SSSR count). The monoisotopic (exact) mass is 396 g/mol. The van der Waals surface area contributed by atoms with E-state index >= 15 is 0 Å². The molecule has 0 aliphatic carbocycles. The van der Waals surface area contributed by atoms with Crippen LogP contribution in [0.25, 0.3) is 0 Å². The predicted molar refractivity (Wildman–Crippen MR) is 75.2 cm³/mol. The quantitative estimate of drug-likeness (QED) is 0.637. The maximum absolute atomic E-state index is 4.24. The molecule has 0 aliphatic rings. The first kappa shape index (κ1) is 11.3. The van der Waals surface area contributed by atoms with Crippen LogP contribution in [-0.4, -0.2) is 14.5 Å². The minimum Gasteiger partial charge on any atom is -0.324 e. The summed E-state index contributed by atoms with van der Waals surface area (Å²) in [6.07, 6.45) is 0.522. The normalized spacial score (nSPS) is 11.1. The van der Waals surface area contributed by atoms with Crippen molar-refractivity contribution >= 4 is 56.0 Å². The van der Waals surface area contributed by atoms with E-state index in [2.05, 4.69) is 53.4 Å². The second-order valence-electron chi connectivity index (χ2n) is 2.69. The van der Waals surface area contributed by atoms with E-state index in [4.69, 9.17) is 0 Å². The van der Waals surface area contributed by atoms with Crippen LogP contribution < -0.4 is 5.32 Å². The van der Waals surface area contributed by atoms with Crippen LogP contribution in [0.2, 0.25) is 0 Å². The molecule has 0 amide bonds. The summed E-state index contributed by atoms with van der Waals surface area (Å²) in [4.78, 5) is 4.24. The Labute approximate surface area is 110 Å². The molecule has 4 nitrogen and oxygen atoms in total. The number of nitrogens with zero attached hydrogens (tertiary/aromatic N) is 3. The summed E-state index contributed by atoms with van der Waals surface area (Å²) in [7, 11) is 0. The summed E-state index contributed by atoms with van der Waals surface area (Å²) >= 11 is 5.52. The number of aromatic nitrogens is 3. The molecule has 15 heavy (non-hydrogen) atoms. The average Bonchev–Trinajstić information content (AvgIpc) is 2.60. The lowest BCUT2D eigenvalue weighted by Crippen LogP contribution is -1.96. The highest BCUT2D eigenvalue weighted by Crippen LogP contribution is 2.29. The van der Waals surface area contributed by atoms with Gasteiger partial charge in [0.2, 0.25) is 10.7 Å². The van der Waals surface area contributed by atoms with Crippen LogP contribution in [-0.2, 0) is 0 Å². The van der Waals surface area contributed by atoms with Crippen molar-refractivity contribution in [2.24, 2.45) is 0 Å². The maximum atomic E-state index is 4.24. The molecule has 1 aromatic carbocycles. The van der Waals surface area contributed by atoms with Crippen LogP contribution in [0, 0.1) is 0 Å². The number of benzene rings is 1. The summed E-state index contributed by atoms with van der Waals surface area (Å²) in [5, 5.41) is 7.40. The maximum Gasteiger partial charge on any atom is 0.230 e. The van der Waals surface area contributed by atoms with Gasteiger partial charge in [0.25, 0.3) is 0 Å². The van der Waals surface area contributed by atoms with Crippen molar-refractivity contribution < 1.29 is 0 Å². The molecular weight excluding hydrogens is 390 g/mol. The van der Waals surface area contributed by atoms with Gasteiger partial charge in [-0.3, -0.25) is 0 Å². The van der Waals surface area contributed by atoms with E-state index in [-0.39, 0.29) is 0 Å². The van der Waals surface area contributed by atoms with E-state index < -0.39 is 0 Å². The molecule has 0 bridgehead atoms. The van der Waals surface area contributed by atoms with Gasteiger partial charge in [-0.05, 0) is 50.1 Å². The van der Waals surface area contributed by atoms with Crippen molar-refractivity contribution in [3.63, 3.8) is 0 Å². The summed E-state index contributed by atoms with van der Waals surface area (Å²) in [5.41, 5.74) is 1.01. The Morgan fingerprint density at radius 3 is 2.73 bits per heavy atom. The Hall–Kier alpha value is -0.200. The smallest absolute Gasteiger partial charge is 0.230 e. The molecule has 0 radical (unpaired) electrons. The molecule has 1 atom stereocenters. The van der Waals surface area contributed by atoms with Gasteiger partial charge in [-0.15, -0.1) is 5.10 Å². The zero-order valence-electron chi connectivity index (χ0n) is 7.48. The predicted octanol–water partition coefficient (Wildman–Crippen LogP) is 3.58. The van der Waals surface area contributed by atoms with Crippen LogP contribution in [0.15, 0.2) is 35.1 Å². The van der Waals surface area contributed by atoms with Crippen LogP contribution in [0.5, 0.6) is 0 Å². The third kappa shape index (κ3) is 2.89. The Morgan fingerprint density at radius 2 is 2.07 bits per heavy atom. The van der Waals surface area contributed by atoms with Crippen LogP contribution >= 0.6 is 44.3 Å². The van der Waals surface area contributed by atoms with Gasteiger partial charge in [0, 0.05) is 5.69 Å². The average molecular weight is 397 g/mol. The largest absolute Gasteiger partial charge is 0.324 e. The molecule has 0 spiro atoms. The zero-order valence-corrected chi connectivity index (χ0v) is 12.2. The highest BCUT2D eigenvalue weighted by atomic mass is 127. The van der Waals surface area contributed by atoms with Gasteiger partial charge in [-0.25, -0.2) is 4.45 Å². The van der Waals surface area contributed by atoms with Crippen LogP contribution in [0.3, 0.4) is 0 Å². The van der Waals surface area contributed by atoms with Gasteiger partial charge in [0.05, 0.1) is 6.37 Å². The highest BCUT2D eigenvalue weighted by Gasteiger charge is 2.06. The highest BCUT2D eigenvalue weighted by molar-refractivity contribution is 14.2. The third-order valence-electron chi connectivity index (χ3n) is 1.69. The SMILES string of the molecule is Brc1nc(Nc2ccccc2)n(PI)n1. The fourth-order valence-electron chi connectivity index (χ4n) is 1.08. The molecule has 0 saturated carbocycles. The molecule has 7 heteroatoms. The lowest BCUT2D eigenvalue weighted by atomic mass is 10.3. The summed E-state index contributed by atoms with van der Waals surface area (Å²) in [6.45, 7) is 0. The van der Waals surface area contributed by atoms with E-state index in [0.717, 1.165) is 11.6 Å². The molecule has 78 valence electrons. The minimum atomic E-state index is 0.522. The molecule has 0 fully saturated rings. The van der Waals surface area contributed by atoms with E-state index in [1.165, 1.54) is 0 Å². The molecule has 1 N–H and O–H groups in total. The molecule has 0 aliphatic heterocycles. The topological polar surface area (TPSA) is 42.7 Å². The first-order chi connectivity index (χ1) is 7.29. The van der Waals surface area contributed by atoms with Gasteiger partial charge in [-0.1, -0.05) is 18.2 Å². The number of hydrogen-bond donors (Lipinski definition) is 1. The Kier molecular flexibility index (Phi) is 3.93. The minimum absolute atomic E-state index is 0.522. The fraction of sp³-hybridized carbons (Fsp3) is 0. The van der Waals surface area contributed by atoms with Crippen molar-refractivity contribution in [3.05, 3.63) is 35.1 Å². The van der Waals surface area contributed by atoms with Gasteiger partial charge in [0.15, 0.2) is 0 Å². The van der Waals surface area contributed by atoms with Crippen molar-refractivity contribution in [1.82, 2.24) is 14.5 Å². The van der Waals surface area contributed by atoms with Crippen molar-refractivity contribution in [2.45, 2.75) is 0 Å². The first-order valence-corrected chi connectivity index (χ1v) is 8.96. The lowest BCUT2D eigenvalue weighted by molar-refractivity contribution is 0.999. The first-order valence-electron chi connectivity index (χ1n) is 4.11. The second-order valence-corrected chi connectivity index (χ2v) is 5.44. The Bertz CT molecular complexity index is 447. The van der Waals surface area contributed by atoms with E-state index in [1.807, 2.05) is 34.8 Å². The van der Waals surface area contributed by atoms with Gasteiger partial charge < -0.3 is 5.32 Å². The molecule has 0 saturated heterocycles. The second kappa shape index (κ2) is 5.23. The molecule has 2 aromatic rings. The number of nitrogens with one attached hydrogen (secondary N) is 1. The number of hydrogen-bond acceptors (Lipinski definition) is 3. The molecule has 1 aromatic heterocycles. The van der Waals surface area contributed by atoms with Gasteiger partial charge in [0.1, 0.15) is 0 Å². The summed E-state index contributed by atoms with van der Waals surface area (Å²) in [5.74, 6) is 0.751. The number of halogens is 2. The standard InChI is InChI=1S/C8H7BrIN4P/c9-7-12-8(14(13-7)15-10)11-6-4-2-1-3-5-6/h1-5,15H,(H,11,12,13). The zero-order chi connectivity index (χ0) is 10.7. The van der Waals surface area contributed by atoms with Gasteiger partial charge >= 0.3 is 0 Å². The Morgan fingerprint density at radius 1 is 1.33 bits per heavy atom. The van der Waals surface area contributed by atoms with Crippen molar-refractivity contribution in [3.8, 4) is 0 Å². The van der Waals surface area contributed by atoms with E-state index in [9.17, 15) is 0 Å². The third-order valence-corrected chi connectivity index (χ3v) is 3.87. The molecule has 1 heterocycles. The van der Waals surface area contributed by atoms with Crippen LogP contribution in [0.4, 0.5) is 11.6 Å². The Balaban J connectivity index is 2.24. The number of rotatable bonds is 3. The van der Waals surface area contributed by atoms with Crippen molar-refractivity contribution in [2.75, 3.05) is 5.32 Å². The summed E-state index contributed by atoms with van der Waals surface area (Å²) < 4.78 is 2.42. The molecule has 1 unspecified atom stereocenters. The van der Waals surface area contributed by atoms with Gasteiger partial charge in [-0.2, -0.15) is 4.98 Å².